The van der Waals surface area contributed by atoms with E-state index in [-0.39, 0.29) is 5.92 Å². The number of carboxylic acid groups (broad SMARTS) is 1. The lowest BCUT2D eigenvalue weighted by Gasteiger charge is -2.35. The molecule has 1 saturated carbocycles. The van der Waals surface area contributed by atoms with Crippen molar-refractivity contribution in [3.05, 3.63) is 59.1 Å². The summed E-state index contributed by atoms with van der Waals surface area (Å²) >= 11 is 5.06. The number of aromatic nitrogens is 5. The predicted molar refractivity (Wildman–Crippen MR) is 133 cm³/mol. The van der Waals surface area contributed by atoms with E-state index in [0.717, 1.165) is 39.8 Å². The van der Waals surface area contributed by atoms with E-state index in [4.69, 9.17) is 10.7 Å². The maximum absolute atomic E-state index is 11.8. The third-order valence-corrected chi connectivity index (χ3v) is 8.70. The van der Waals surface area contributed by atoms with E-state index < -0.39 is 10.7 Å². The number of nitrogens with two attached hydrogens (primary N) is 1. The van der Waals surface area contributed by atoms with Crippen molar-refractivity contribution in [3.8, 4) is 16.8 Å². The third-order valence-electron chi connectivity index (χ3n) is 6.52. The lowest BCUT2D eigenvalue weighted by atomic mass is 9.79. The molecular formula is C23H23BrN6O2S. The molecule has 0 unspecified atom stereocenters. The number of hydrogen-bond acceptors (Lipinski definition) is 6. The summed E-state index contributed by atoms with van der Waals surface area (Å²) in [6, 6.07) is 9.90. The zero-order valence-electron chi connectivity index (χ0n) is 18.0. The van der Waals surface area contributed by atoms with Gasteiger partial charge in [-0.05, 0) is 60.0 Å². The van der Waals surface area contributed by atoms with Crippen molar-refractivity contribution in [2.24, 2.45) is 0 Å². The molecule has 0 bridgehead atoms. The zero-order valence-corrected chi connectivity index (χ0v) is 20.4. The van der Waals surface area contributed by atoms with E-state index in [1.54, 1.807) is 16.9 Å². The molecule has 1 aliphatic carbocycles. The summed E-state index contributed by atoms with van der Waals surface area (Å²) in [5.74, 6) is -0.123. The van der Waals surface area contributed by atoms with Crippen LogP contribution in [0.3, 0.4) is 0 Å². The summed E-state index contributed by atoms with van der Waals surface area (Å²) in [6.07, 6.45) is 10.1. The summed E-state index contributed by atoms with van der Waals surface area (Å²) in [5, 5.41) is 18.7. The Kier molecular flexibility index (Phi) is 5.65. The maximum Gasteiger partial charge on any atom is 0.319 e. The average Bonchev–Trinajstić information content (AvgIpc) is 3.49. The van der Waals surface area contributed by atoms with Gasteiger partial charge in [-0.15, -0.1) is 11.8 Å². The quantitative estimate of drug-likeness (QED) is 0.385. The largest absolute Gasteiger partial charge is 0.480 e. The summed E-state index contributed by atoms with van der Waals surface area (Å²) in [7, 11) is 0. The summed E-state index contributed by atoms with van der Waals surface area (Å²) in [6.45, 7) is 0. The number of hydrogen-bond donors (Lipinski definition) is 2. The van der Waals surface area contributed by atoms with Crippen LogP contribution < -0.4 is 5.73 Å². The predicted octanol–water partition coefficient (Wildman–Crippen LogP) is 4.77. The Bertz CT molecular complexity index is 1330. The van der Waals surface area contributed by atoms with Gasteiger partial charge in [0.25, 0.3) is 0 Å². The molecule has 0 spiro atoms. The fourth-order valence-corrected chi connectivity index (χ4v) is 5.93. The van der Waals surface area contributed by atoms with Gasteiger partial charge in [0.05, 0.1) is 28.2 Å². The number of rotatable bonds is 5. The molecule has 10 heteroatoms. The molecule has 0 atom stereocenters. The van der Waals surface area contributed by atoms with Crippen LogP contribution in [0.1, 0.15) is 37.3 Å². The first-order chi connectivity index (χ1) is 15.9. The highest BCUT2D eigenvalue weighted by molar-refractivity contribution is 9.10. The first-order valence-electron chi connectivity index (χ1n) is 10.6. The molecule has 1 fully saturated rings. The molecule has 3 aromatic heterocycles. The van der Waals surface area contributed by atoms with Gasteiger partial charge < -0.3 is 10.8 Å². The summed E-state index contributed by atoms with van der Waals surface area (Å²) in [4.78, 5) is 16.8. The Morgan fingerprint density at radius 1 is 1.21 bits per heavy atom. The van der Waals surface area contributed by atoms with Gasteiger partial charge in [0.2, 0.25) is 0 Å². The third kappa shape index (κ3) is 3.71. The Labute approximate surface area is 203 Å². The van der Waals surface area contributed by atoms with Gasteiger partial charge in [-0.2, -0.15) is 14.7 Å². The first kappa shape index (κ1) is 22.0. The van der Waals surface area contributed by atoms with Gasteiger partial charge in [-0.25, -0.2) is 9.67 Å². The minimum absolute atomic E-state index is 0.126. The van der Waals surface area contributed by atoms with Crippen LogP contribution in [0.25, 0.3) is 22.5 Å². The zero-order chi connectivity index (χ0) is 23.2. The highest BCUT2D eigenvalue weighted by atomic mass is 79.9. The standard InChI is InChI=1S/C23H23BrN6O2S/c1-33-23(22(31)32)9-7-14(8-10-23)19-18(24)20(25)30-21(28-19)17(12-27-30)15-11-26-29(13-15)16-5-3-2-4-6-16/h2-6,11-14H,7-10,25H2,1H3,(H,31,32)/t14-,23-. The fraction of sp³-hybridized carbons (Fsp3) is 0.304. The Morgan fingerprint density at radius 3 is 2.61 bits per heavy atom. The minimum Gasteiger partial charge on any atom is -0.480 e. The molecule has 5 rings (SSSR count). The van der Waals surface area contributed by atoms with E-state index in [0.29, 0.717) is 24.3 Å². The molecule has 1 aliphatic rings. The van der Waals surface area contributed by atoms with E-state index in [9.17, 15) is 9.90 Å². The van der Waals surface area contributed by atoms with Crippen molar-refractivity contribution < 1.29 is 9.90 Å². The molecular weight excluding hydrogens is 504 g/mol. The topological polar surface area (TPSA) is 111 Å². The van der Waals surface area contributed by atoms with E-state index >= 15 is 0 Å². The van der Waals surface area contributed by atoms with Crippen LogP contribution in [0.5, 0.6) is 0 Å². The van der Waals surface area contributed by atoms with Gasteiger partial charge in [0, 0.05) is 23.2 Å². The van der Waals surface area contributed by atoms with Crippen LogP contribution >= 0.6 is 27.7 Å². The van der Waals surface area contributed by atoms with Gasteiger partial charge in [-0.1, -0.05) is 18.2 Å². The number of fused-ring (bicyclic) bond motifs is 1. The number of aliphatic carboxylic acids is 1. The lowest BCUT2D eigenvalue weighted by molar-refractivity contribution is -0.140. The summed E-state index contributed by atoms with van der Waals surface area (Å²) in [5.41, 5.74) is 10.7. The first-order valence-corrected chi connectivity index (χ1v) is 12.7. The van der Waals surface area contributed by atoms with Crippen molar-refractivity contribution in [2.75, 3.05) is 12.0 Å². The number of benzene rings is 1. The second kappa shape index (κ2) is 8.49. The van der Waals surface area contributed by atoms with Crippen LogP contribution in [0.4, 0.5) is 5.82 Å². The lowest BCUT2D eigenvalue weighted by Crippen LogP contribution is -2.38. The minimum atomic E-state index is -0.732. The van der Waals surface area contributed by atoms with E-state index in [1.165, 1.54) is 11.8 Å². The number of nitrogen functional groups attached to an aromatic ring is 1. The maximum atomic E-state index is 11.8. The number of carbonyl (C=O) groups is 1. The van der Waals surface area contributed by atoms with Crippen LogP contribution in [0, 0.1) is 0 Å². The van der Waals surface area contributed by atoms with Crippen LogP contribution in [-0.4, -0.2) is 46.5 Å². The summed E-state index contributed by atoms with van der Waals surface area (Å²) < 4.78 is 3.46. The number of para-hydroxylation sites is 1. The second-order valence-corrected chi connectivity index (χ2v) is 10.3. The second-order valence-electron chi connectivity index (χ2n) is 8.28. The Hall–Kier alpha value is -2.85. The molecule has 0 saturated heterocycles. The number of nitrogens with zero attached hydrogens (tertiary/aromatic N) is 5. The molecule has 33 heavy (non-hydrogen) atoms. The SMILES string of the molecule is CS[C@]1(C(=O)O)CC[C@@H](c2nc3c(-c4cnn(-c5ccccc5)c4)cnn3c(N)c2Br)CC1. The van der Waals surface area contributed by atoms with Crippen molar-refractivity contribution in [3.63, 3.8) is 0 Å². The number of halogens is 1. The Morgan fingerprint density at radius 2 is 1.94 bits per heavy atom. The van der Waals surface area contributed by atoms with Crippen molar-refractivity contribution >= 4 is 45.1 Å². The van der Waals surface area contributed by atoms with Gasteiger partial charge >= 0.3 is 5.97 Å². The van der Waals surface area contributed by atoms with Gasteiger partial charge in [0.15, 0.2) is 5.65 Å². The fourth-order valence-electron chi connectivity index (χ4n) is 4.53. The van der Waals surface area contributed by atoms with Crippen LogP contribution in [0.15, 0.2) is 53.4 Å². The molecule has 0 amide bonds. The highest BCUT2D eigenvalue weighted by Crippen LogP contribution is 2.46. The van der Waals surface area contributed by atoms with Crippen LogP contribution in [0.2, 0.25) is 0 Å². The van der Waals surface area contributed by atoms with Gasteiger partial charge in [0.1, 0.15) is 10.6 Å². The van der Waals surface area contributed by atoms with Crippen LogP contribution in [-0.2, 0) is 4.79 Å². The molecule has 3 N–H and O–H groups in total. The normalized spacial score (nSPS) is 20.8. The number of carboxylic acids is 1. The Balaban J connectivity index is 1.52. The molecule has 4 aromatic rings. The number of anilines is 1. The number of thioether (sulfide) groups is 1. The van der Waals surface area contributed by atoms with E-state index in [1.807, 2.05) is 47.5 Å². The van der Waals surface area contributed by atoms with Crippen molar-refractivity contribution in [1.82, 2.24) is 24.4 Å². The van der Waals surface area contributed by atoms with Gasteiger partial charge in [-0.3, -0.25) is 4.79 Å². The molecule has 3 heterocycles. The van der Waals surface area contributed by atoms with Crippen molar-refractivity contribution in [1.29, 1.82) is 0 Å². The molecule has 170 valence electrons. The van der Waals surface area contributed by atoms with E-state index in [2.05, 4.69) is 26.1 Å². The molecule has 0 aliphatic heterocycles. The molecule has 0 radical (unpaired) electrons. The highest BCUT2D eigenvalue weighted by Gasteiger charge is 2.42. The molecule has 1 aromatic carbocycles. The smallest absolute Gasteiger partial charge is 0.319 e. The van der Waals surface area contributed by atoms with Crippen molar-refractivity contribution in [2.45, 2.75) is 36.3 Å². The molecule has 8 nitrogen and oxygen atoms in total. The monoisotopic (exact) mass is 526 g/mol. The average molecular weight is 527 g/mol.